The van der Waals surface area contributed by atoms with E-state index < -0.39 is 0 Å². The van der Waals surface area contributed by atoms with Gasteiger partial charge >= 0.3 is 0 Å². The fourth-order valence-electron chi connectivity index (χ4n) is 3.12. The second-order valence-corrected chi connectivity index (χ2v) is 5.58. The largest absolute Gasteiger partial charge is 0.393 e. The first-order valence-corrected chi connectivity index (χ1v) is 6.67. The third-order valence-electron chi connectivity index (χ3n) is 4.40. The average molecular weight is 211 g/mol. The van der Waals surface area contributed by atoms with Crippen molar-refractivity contribution in [3.63, 3.8) is 0 Å². The Kier molecular flexibility index (Phi) is 4.04. The molecule has 2 nitrogen and oxygen atoms in total. The molecule has 15 heavy (non-hydrogen) atoms. The number of rotatable bonds is 3. The van der Waals surface area contributed by atoms with Gasteiger partial charge in [0.2, 0.25) is 0 Å². The van der Waals surface area contributed by atoms with E-state index in [4.69, 9.17) is 0 Å². The molecule has 2 aliphatic carbocycles. The fraction of sp³-hybridized carbons (Fsp3) is 1.00. The smallest absolute Gasteiger partial charge is 0.0541 e. The second-order valence-electron chi connectivity index (χ2n) is 5.58. The molecule has 2 rings (SSSR count). The maximum atomic E-state index is 9.42. The third kappa shape index (κ3) is 3.18. The Morgan fingerprint density at radius 3 is 2.40 bits per heavy atom. The number of hydrogen-bond donors (Lipinski definition) is 2. The maximum absolute atomic E-state index is 9.42. The van der Waals surface area contributed by atoms with Gasteiger partial charge in [-0.25, -0.2) is 0 Å². The zero-order chi connectivity index (χ0) is 10.7. The lowest BCUT2D eigenvalue weighted by molar-refractivity contribution is 0.115. The molecule has 2 atom stereocenters. The Labute approximate surface area is 93.5 Å². The molecule has 0 aromatic carbocycles. The molecule has 0 heterocycles. The van der Waals surface area contributed by atoms with E-state index in [1.165, 1.54) is 38.6 Å². The minimum atomic E-state index is -0.0199. The summed E-state index contributed by atoms with van der Waals surface area (Å²) in [7, 11) is 0. The quantitative estimate of drug-likeness (QED) is 0.751. The molecule has 0 aromatic heterocycles. The molecule has 0 amide bonds. The van der Waals surface area contributed by atoms with Crippen molar-refractivity contribution in [3.05, 3.63) is 0 Å². The van der Waals surface area contributed by atoms with Crippen LogP contribution in [0.2, 0.25) is 0 Å². The summed E-state index contributed by atoms with van der Waals surface area (Å²) in [6.07, 6.45) is 8.59. The summed E-state index contributed by atoms with van der Waals surface area (Å²) in [4.78, 5) is 0. The molecule has 2 N–H and O–H groups in total. The fourth-order valence-corrected chi connectivity index (χ4v) is 3.12. The first kappa shape index (κ1) is 11.4. The predicted molar refractivity (Wildman–Crippen MR) is 62.8 cm³/mol. The minimum Gasteiger partial charge on any atom is -0.393 e. The van der Waals surface area contributed by atoms with E-state index in [2.05, 4.69) is 12.2 Å². The molecule has 2 aliphatic rings. The van der Waals surface area contributed by atoms with Crippen LogP contribution < -0.4 is 5.32 Å². The van der Waals surface area contributed by atoms with Crippen LogP contribution in [0.5, 0.6) is 0 Å². The molecule has 0 aliphatic heterocycles. The van der Waals surface area contributed by atoms with E-state index in [9.17, 15) is 5.11 Å². The molecule has 2 unspecified atom stereocenters. The summed E-state index contributed by atoms with van der Waals surface area (Å²) in [5.41, 5.74) is 0. The third-order valence-corrected chi connectivity index (χ3v) is 4.40. The molecule has 88 valence electrons. The van der Waals surface area contributed by atoms with Crippen LogP contribution in [0.15, 0.2) is 0 Å². The summed E-state index contributed by atoms with van der Waals surface area (Å²) < 4.78 is 0. The molecule has 0 aromatic rings. The van der Waals surface area contributed by atoms with Crippen molar-refractivity contribution in [2.24, 2.45) is 11.8 Å². The molecule has 0 saturated heterocycles. The van der Waals surface area contributed by atoms with Gasteiger partial charge < -0.3 is 10.4 Å². The Bertz CT molecular complexity index is 187. The summed E-state index contributed by atoms with van der Waals surface area (Å²) in [5, 5.41) is 13.1. The van der Waals surface area contributed by atoms with Crippen LogP contribution in [0.1, 0.15) is 51.9 Å². The molecular formula is C13H25NO. The van der Waals surface area contributed by atoms with E-state index in [1.54, 1.807) is 0 Å². The summed E-state index contributed by atoms with van der Waals surface area (Å²) >= 11 is 0. The zero-order valence-electron chi connectivity index (χ0n) is 9.91. The van der Waals surface area contributed by atoms with Crippen molar-refractivity contribution in [2.75, 3.05) is 6.54 Å². The molecule has 2 heteroatoms. The topological polar surface area (TPSA) is 32.3 Å². The SMILES string of the molecule is CC1CCCC1CNC1CCC(O)CC1. The Morgan fingerprint density at radius 1 is 1.07 bits per heavy atom. The highest BCUT2D eigenvalue weighted by molar-refractivity contribution is 4.81. The zero-order valence-corrected chi connectivity index (χ0v) is 9.91. The van der Waals surface area contributed by atoms with E-state index >= 15 is 0 Å². The van der Waals surface area contributed by atoms with Gasteiger partial charge in [0.25, 0.3) is 0 Å². The van der Waals surface area contributed by atoms with E-state index in [-0.39, 0.29) is 6.10 Å². The highest BCUT2D eigenvalue weighted by Crippen LogP contribution is 2.30. The van der Waals surface area contributed by atoms with Crippen LogP contribution in [-0.4, -0.2) is 23.8 Å². The molecule has 2 saturated carbocycles. The Hall–Kier alpha value is -0.0800. The van der Waals surface area contributed by atoms with E-state index in [0.29, 0.717) is 6.04 Å². The van der Waals surface area contributed by atoms with Gasteiger partial charge in [0.05, 0.1) is 6.10 Å². The number of nitrogens with one attached hydrogen (secondary N) is 1. The second kappa shape index (κ2) is 5.31. The van der Waals surface area contributed by atoms with Crippen LogP contribution in [0.25, 0.3) is 0 Å². The highest BCUT2D eigenvalue weighted by atomic mass is 16.3. The van der Waals surface area contributed by atoms with Crippen LogP contribution in [0.3, 0.4) is 0 Å². The summed E-state index contributed by atoms with van der Waals surface area (Å²) in [5.74, 6) is 1.84. The van der Waals surface area contributed by atoms with E-state index in [1.807, 2.05) is 0 Å². The molecular weight excluding hydrogens is 186 g/mol. The summed E-state index contributed by atoms with van der Waals surface area (Å²) in [6, 6.07) is 0.682. The number of hydrogen-bond acceptors (Lipinski definition) is 2. The molecule has 2 fully saturated rings. The van der Waals surface area contributed by atoms with Gasteiger partial charge in [-0.15, -0.1) is 0 Å². The van der Waals surface area contributed by atoms with Gasteiger partial charge in [0, 0.05) is 6.04 Å². The minimum absolute atomic E-state index is 0.0199. The van der Waals surface area contributed by atoms with Crippen LogP contribution in [0, 0.1) is 11.8 Å². The normalized spacial score (nSPS) is 42.0. The van der Waals surface area contributed by atoms with Gasteiger partial charge in [0.15, 0.2) is 0 Å². The van der Waals surface area contributed by atoms with Crippen molar-refractivity contribution in [1.29, 1.82) is 0 Å². The van der Waals surface area contributed by atoms with Gasteiger partial charge in [-0.05, 0) is 50.5 Å². The predicted octanol–water partition coefficient (Wildman–Crippen LogP) is 2.32. The lowest BCUT2D eigenvalue weighted by Crippen LogP contribution is -2.37. The summed E-state index contributed by atoms with van der Waals surface area (Å²) in [6.45, 7) is 3.60. The van der Waals surface area contributed by atoms with Crippen molar-refractivity contribution in [3.8, 4) is 0 Å². The highest BCUT2D eigenvalue weighted by Gasteiger charge is 2.25. The van der Waals surface area contributed by atoms with Crippen LogP contribution in [-0.2, 0) is 0 Å². The van der Waals surface area contributed by atoms with Crippen LogP contribution in [0.4, 0.5) is 0 Å². The monoisotopic (exact) mass is 211 g/mol. The lowest BCUT2D eigenvalue weighted by atomic mass is 9.92. The van der Waals surface area contributed by atoms with Gasteiger partial charge in [0.1, 0.15) is 0 Å². The Morgan fingerprint density at radius 2 is 1.80 bits per heavy atom. The van der Waals surface area contributed by atoms with Gasteiger partial charge in [-0.3, -0.25) is 0 Å². The van der Waals surface area contributed by atoms with Gasteiger partial charge in [-0.2, -0.15) is 0 Å². The number of aliphatic hydroxyl groups excluding tert-OH is 1. The standard InChI is InChI=1S/C13H25NO/c1-10-3-2-4-11(10)9-14-12-5-7-13(15)8-6-12/h10-15H,2-9H2,1H3. The maximum Gasteiger partial charge on any atom is 0.0541 e. The first-order valence-electron chi connectivity index (χ1n) is 6.67. The average Bonchev–Trinajstić information content (AvgIpc) is 2.63. The molecule has 0 radical (unpaired) electrons. The van der Waals surface area contributed by atoms with Crippen molar-refractivity contribution >= 4 is 0 Å². The Balaban J connectivity index is 1.65. The first-order chi connectivity index (χ1) is 7.25. The van der Waals surface area contributed by atoms with Crippen molar-refractivity contribution in [2.45, 2.75) is 64.0 Å². The number of aliphatic hydroxyl groups is 1. The van der Waals surface area contributed by atoms with Crippen LogP contribution >= 0.6 is 0 Å². The molecule has 0 bridgehead atoms. The van der Waals surface area contributed by atoms with Crippen molar-refractivity contribution < 1.29 is 5.11 Å². The molecule has 0 spiro atoms. The lowest BCUT2D eigenvalue weighted by Gasteiger charge is -2.28. The van der Waals surface area contributed by atoms with Crippen molar-refractivity contribution in [1.82, 2.24) is 5.32 Å². The van der Waals surface area contributed by atoms with Gasteiger partial charge in [-0.1, -0.05) is 19.8 Å². The van der Waals surface area contributed by atoms with E-state index in [0.717, 1.165) is 24.7 Å².